The number of piperazine rings is 1. The molecule has 100 valence electrons. The quantitative estimate of drug-likeness (QED) is 0.674. The molecular formula is C10H21N3O3S. The van der Waals surface area contributed by atoms with Gasteiger partial charge in [0.25, 0.3) is 10.2 Å². The number of aliphatic hydroxyl groups excluding tert-OH is 1. The van der Waals surface area contributed by atoms with Crippen LogP contribution in [-0.4, -0.2) is 68.0 Å². The molecule has 0 saturated carbocycles. The molecule has 2 heterocycles. The van der Waals surface area contributed by atoms with Gasteiger partial charge in [-0.15, -0.1) is 0 Å². The van der Waals surface area contributed by atoms with Gasteiger partial charge in [-0.25, -0.2) is 0 Å². The van der Waals surface area contributed by atoms with Gasteiger partial charge in [0.05, 0.1) is 0 Å². The van der Waals surface area contributed by atoms with E-state index in [1.807, 2.05) is 0 Å². The summed E-state index contributed by atoms with van der Waals surface area (Å²) in [5.41, 5.74) is 0. The Morgan fingerprint density at radius 3 is 2.12 bits per heavy atom. The van der Waals surface area contributed by atoms with Crippen molar-refractivity contribution in [1.82, 2.24) is 13.9 Å². The van der Waals surface area contributed by atoms with E-state index < -0.39 is 10.2 Å². The maximum Gasteiger partial charge on any atom is 0.282 e. The number of hydrogen-bond acceptors (Lipinski definition) is 4. The SMILES string of the molecule is O=S(=O)(N1CCNCC1)N1CCC(CO)CC1. The highest BCUT2D eigenvalue weighted by Gasteiger charge is 2.33. The van der Waals surface area contributed by atoms with Gasteiger partial charge in [0.1, 0.15) is 0 Å². The number of rotatable bonds is 3. The van der Waals surface area contributed by atoms with Crippen molar-refractivity contribution in [3.63, 3.8) is 0 Å². The Balaban J connectivity index is 1.96. The maximum atomic E-state index is 12.3. The van der Waals surface area contributed by atoms with E-state index >= 15 is 0 Å². The van der Waals surface area contributed by atoms with Crippen LogP contribution in [0.25, 0.3) is 0 Å². The molecule has 0 atom stereocenters. The minimum atomic E-state index is -3.27. The number of piperidine rings is 1. The molecule has 2 N–H and O–H groups in total. The van der Waals surface area contributed by atoms with Crippen molar-refractivity contribution in [2.75, 3.05) is 45.9 Å². The van der Waals surface area contributed by atoms with Gasteiger partial charge in [0, 0.05) is 45.9 Å². The van der Waals surface area contributed by atoms with E-state index in [0.717, 1.165) is 25.9 Å². The fourth-order valence-electron chi connectivity index (χ4n) is 2.36. The molecule has 2 aliphatic rings. The molecule has 0 aromatic heterocycles. The van der Waals surface area contributed by atoms with E-state index in [1.54, 1.807) is 8.61 Å². The van der Waals surface area contributed by atoms with Crippen molar-refractivity contribution < 1.29 is 13.5 Å². The Labute approximate surface area is 103 Å². The lowest BCUT2D eigenvalue weighted by Gasteiger charge is -2.35. The van der Waals surface area contributed by atoms with Gasteiger partial charge in [-0.2, -0.15) is 17.0 Å². The Bertz CT molecular complexity index is 333. The summed E-state index contributed by atoms with van der Waals surface area (Å²) in [6.07, 6.45) is 1.53. The molecule has 0 aliphatic carbocycles. The molecule has 0 amide bonds. The summed E-state index contributed by atoms with van der Waals surface area (Å²) in [5.74, 6) is 0.268. The van der Waals surface area contributed by atoms with Gasteiger partial charge < -0.3 is 10.4 Å². The Morgan fingerprint density at radius 2 is 1.59 bits per heavy atom. The molecule has 0 radical (unpaired) electrons. The first-order valence-electron chi connectivity index (χ1n) is 6.21. The molecule has 0 bridgehead atoms. The van der Waals surface area contributed by atoms with Gasteiger partial charge in [-0.05, 0) is 18.8 Å². The molecular weight excluding hydrogens is 242 g/mol. The topological polar surface area (TPSA) is 72.9 Å². The van der Waals surface area contributed by atoms with Crippen LogP contribution in [0.2, 0.25) is 0 Å². The van der Waals surface area contributed by atoms with Crippen molar-refractivity contribution in [1.29, 1.82) is 0 Å². The largest absolute Gasteiger partial charge is 0.396 e. The van der Waals surface area contributed by atoms with Crippen molar-refractivity contribution in [2.24, 2.45) is 5.92 Å². The van der Waals surface area contributed by atoms with Gasteiger partial charge in [0.15, 0.2) is 0 Å². The molecule has 0 unspecified atom stereocenters. The molecule has 6 nitrogen and oxygen atoms in total. The fourth-order valence-corrected chi connectivity index (χ4v) is 4.00. The zero-order valence-corrected chi connectivity index (χ0v) is 10.8. The third-order valence-electron chi connectivity index (χ3n) is 3.56. The Kier molecular flexibility index (Phi) is 4.37. The standard InChI is InChI=1S/C10H21N3O3S/c14-9-10-1-5-12(6-2-10)17(15,16)13-7-3-11-4-8-13/h10-11,14H,1-9H2. The van der Waals surface area contributed by atoms with E-state index in [0.29, 0.717) is 26.2 Å². The summed E-state index contributed by atoms with van der Waals surface area (Å²) in [6.45, 7) is 3.82. The third kappa shape index (κ3) is 2.97. The molecule has 2 aliphatic heterocycles. The number of hydrogen-bond donors (Lipinski definition) is 2. The average molecular weight is 263 g/mol. The minimum Gasteiger partial charge on any atom is -0.396 e. The van der Waals surface area contributed by atoms with Crippen LogP contribution in [0, 0.1) is 5.92 Å². The highest BCUT2D eigenvalue weighted by molar-refractivity contribution is 7.86. The Morgan fingerprint density at radius 1 is 1.06 bits per heavy atom. The van der Waals surface area contributed by atoms with Crippen molar-refractivity contribution in [2.45, 2.75) is 12.8 Å². The summed E-state index contributed by atoms with van der Waals surface area (Å²) in [5, 5.41) is 12.2. The van der Waals surface area contributed by atoms with Crippen LogP contribution >= 0.6 is 0 Å². The fraction of sp³-hybridized carbons (Fsp3) is 1.00. The van der Waals surface area contributed by atoms with E-state index in [9.17, 15) is 8.42 Å². The molecule has 2 fully saturated rings. The van der Waals surface area contributed by atoms with Crippen LogP contribution in [0.5, 0.6) is 0 Å². The number of aliphatic hydroxyl groups is 1. The summed E-state index contributed by atoms with van der Waals surface area (Å²) in [7, 11) is -3.27. The molecule has 7 heteroatoms. The number of nitrogens with zero attached hydrogens (tertiary/aromatic N) is 2. The highest BCUT2D eigenvalue weighted by Crippen LogP contribution is 2.20. The predicted octanol–water partition coefficient (Wildman–Crippen LogP) is -1.16. The smallest absolute Gasteiger partial charge is 0.282 e. The summed E-state index contributed by atoms with van der Waals surface area (Å²) in [6, 6.07) is 0. The molecule has 2 saturated heterocycles. The first-order chi connectivity index (χ1) is 8.14. The van der Waals surface area contributed by atoms with Gasteiger partial charge in [0.2, 0.25) is 0 Å². The van der Waals surface area contributed by atoms with Crippen molar-refractivity contribution >= 4 is 10.2 Å². The van der Waals surface area contributed by atoms with Crippen molar-refractivity contribution in [3.05, 3.63) is 0 Å². The van der Waals surface area contributed by atoms with E-state index in [1.165, 1.54) is 0 Å². The zero-order valence-electron chi connectivity index (χ0n) is 10.0. The van der Waals surface area contributed by atoms with Crippen LogP contribution in [-0.2, 0) is 10.2 Å². The van der Waals surface area contributed by atoms with Crippen LogP contribution in [0.3, 0.4) is 0 Å². The monoisotopic (exact) mass is 263 g/mol. The lowest BCUT2D eigenvalue weighted by molar-refractivity contribution is 0.165. The van der Waals surface area contributed by atoms with Gasteiger partial charge in [-0.1, -0.05) is 0 Å². The van der Waals surface area contributed by atoms with E-state index in [4.69, 9.17) is 5.11 Å². The van der Waals surface area contributed by atoms with E-state index in [-0.39, 0.29) is 12.5 Å². The zero-order chi connectivity index (χ0) is 12.3. The normalized spacial score (nSPS) is 26.2. The summed E-state index contributed by atoms with van der Waals surface area (Å²) in [4.78, 5) is 0. The second kappa shape index (κ2) is 5.62. The van der Waals surface area contributed by atoms with Crippen LogP contribution in [0.1, 0.15) is 12.8 Å². The van der Waals surface area contributed by atoms with E-state index in [2.05, 4.69) is 5.32 Å². The summed E-state index contributed by atoms with van der Waals surface area (Å²) < 4.78 is 27.7. The first-order valence-corrected chi connectivity index (χ1v) is 7.61. The lowest BCUT2D eigenvalue weighted by Crippen LogP contribution is -2.53. The Hall–Kier alpha value is -0.210. The third-order valence-corrected chi connectivity index (χ3v) is 5.60. The van der Waals surface area contributed by atoms with Crippen LogP contribution < -0.4 is 5.32 Å². The molecule has 0 aromatic rings. The second-order valence-corrected chi connectivity index (χ2v) is 6.61. The average Bonchev–Trinajstić information content (AvgIpc) is 2.40. The predicted molar refractivity (Wildman–Crippen MR) is 64.7 cm³/mol. The minimum absolute atomic E-state index is 0.168. The van der Waals surface area contributed by atoms with Crippen molar-refractivity contribution in [3.8, 4) is 0 Å². The van der Waals surface area contributed by atoms with Gasteiger partial charge >= 0.3 is 0 Å². The molecule has 0 aromatic carbocycles. The molecule has 2 rings (SSSR count). The highest BCUT2D eigenvalue weighted by atomic mass is 32.2. The maximum absolute atomic E-state index is 12.3. The van der Waals surface area contributed by atoms with Gasteiger partial charge in [-0.3, -0.25) is 0 Å². The van der Waals surface area contributed by atoms with Crippen LogP contribution in [0.4, 0.5) is 0 Å². The molecule has 17 heavy (non-hydrogen) atoms. The first kappa shape index (κ1) is 13.2. The molecule has 0 spiro atoms. The summed E-state index contributed by atoms with van der Waals surface area (Å²) >= 11 is 0. The number of nitrogens with one attached hydrogen (secondary N) is 1. The lowest BCUT2D eigenvalue weighted by atomic mass is 10.00. The van der Waals surface area contributed by atoms with Crippen LogP contribution in [0.15, 0.2) is 0 Å². The second-order valence-electron chi connectivity index (χ2n) is 4.68.